The normalized spacial score (nSPS) is 17.1. The molecule has 0 saturated carbocycles. The number of carbonyl (C=O) groups is 1. The Labute approximate surface area is 118 Å². The van der Waals surface area contributed by atoms with E-state index in [-0.39, 0.29) is 5.91 Å². The van der Waals surface area contributed by atoms with Crippen molar-refractivity contribution >= 4 is 16.8 Å². The van der Waals surface area contributed by atoms with Gasteiger partial charge in [-0.15, -0.1) is 0 Å². The number of aryl methyl sites for hydroxylation is 1. The van der Waals surface area contributed by atoms with Crippen molar-refractivity contribution in [3.05, 3.63) is 41.6 Å². The molecular weight excluding hydrogens is 252 g/mol. The van der Waals surface area contributed by atoms with E-state index < -0.39 is 5.60 Å². The molecule has 0 spiro atoms. The number of para-hydroxylation sites is 1. The predicted molar refractivity (Wildman–Crippen MR) is 77.6 cm³/mol. The lowest BCUT2D eigenvalue weighted by Crippen LogP contribution is -2.63. The molecule has 20 heavy (non-hydrogen) atoms. The van der Waals surface area contributed by atoms with Gasteiger partial charge in [0, 0.05) is 11.1 Å². The number of benzene rings is 1. The zero-order valence-electron chi connectivity index (χ0n) is 11.8. The highest BCUT2D eigenvalue weighted by Crippen LogP contribution is 2.28. The van der Waals surface area contributed by atoms with Crippen molar-refractivity contribution in [2.75, 3.05) is 13.1 Å². The maximum absolute atomic E-state index is 12.6. The third-order valence-electron chi connectivity index (χ3n) is 3.99. The van der Waals surface area contributed by atoms with Crippen LogP contribution in [-0.2, 0) is 0 Å². The Morgan fingerprint density at radius 3 is 2.80 bits per heavy atom. The molecule has 0 aliphatic carbocycles. The van der Waals surface area contributed by atoms with Crippen molar-refractivity contribution in [1.82, 2.24) is 9.88 Å². The fourth-order valence-electron chi connectivity index (χ4n) is 2.69. The van der Waals surface area contributed by atoms with Crippen molar-refractivity contribution in [3.63, 3.8) is 0 Å². The van der Waals surface area contributed by atoms with Crippen LogP contribution in [0.5, 0.6) is 0 Å². The van der Waals surface area contributed by atoms with Crippen LogP contribution in [0.2, 0.25) is 0 Å². The van der Waals surface area contributed by atoms with Crippen LogP contribution in [0.1, 0.15) is 29.4 Å². The zero-order valence-corrected chi connectivity index (χ0v) is 11.8. The standard InChI is InChI=1S/C16H18N2O2/c1-3-16(20)9-18(10-16)15(19)13-8-11(2)17-14-7-5-4-6-12(13)14/h4-8,20H,3,9-10H2,1-2H3. The average Bonchev–Trinajstić information content (AvgIpc) is 2.42. The maximum atomic E-state index is 12.6. The minimum atomic E-state index is -0.701. The molecule has 2 aromatic rings. The number of carbonyl (C=O) groups excluding carboxylic acids is 1. The number of aromatic nitrogens is 1. The van der Waals surface area contributed by atoms with Gasteiger partial charge in [0.2, 0.25) is 0 Å². The molecule has 0 radical (unpaired) electrons. The van der Waals surface area contributed by atoms with Gasteiger partial charge in [0.15, 0.2) is 0 Å². The third-order valence-corrected chi connectivity index (χ3v) is 3.99. The van der Waals surface area contributed by atoms with Crippen LogP contribution in [-0.4, -0.2) is 39.6 Å². The Hall–Kier alpha value is -1.94. The molecule has 4 heteroatoms. The van der Waals surface area contributed by atoms with E-state index in [0.717, 1.165) is 16.6 Å². The van der Waals surface area contributed by atoms with Gasteiger partial charge in [-0.05, 0) is 25.5 Å². The number of hydrogen-bond acceptors (Lipinski definition) is 3. The molecule has 2 heterocycles. The van der Waals surface area contributed by atoms with E-state index >= 15 is 0 Å². The second-order valence-electron chi connectivity index (χ2n) is 5.57. The monoisotopic (exact) mass is 270 g/mol. The highest BCUT2D eigenvalue weighted by Gasteiger charge is 2.42. The zero-order chi connectivity index (χ0) is 14.3. The molecule has 1 aliphatic heterocycles. The number of likely N-dealkylation sites (tertiary alicyclic amines) is 1. The number of hydrogen-bond donors (Lipinski definition) is 1. The van der Waals surface area contributed by atoms with Gasteiger partial charge in [-0.2, -0.15) is 0 Å². The van der Waals surface area contributed by atoms with Gasteiger partial charge in [-0.25, -0.2) is 0 Å². The van der Waals surface area contributed by atoms with Crippen molar-refractivity contribution in [2.45, 2.75) is 25.9 Å². The third kappa shape index (κ3) is 2.06. The highest BCUT2D eigenvalue weighted by atomic mass is 16.3. The predicted octanol–water partition coefficient (Wildman–Crippen LogP) is 2.14. The molecule has 3 rings (SSSR count). The number of nitrogens with zero attached hydrogens (tertiary/aromatic N) is 2. The second-order valence-corrected chi connectivity index (χ2v) is 5.57. The summed E-state index contributed by atoms with van der Waals surface area (Å²) in [5.74, 6) is -0.0233. The Morgan fingerprint density at radius 2 is 2.10 bits per heavy atom. The lowest BCUT2D eigenvalue weighted by atomic mass is 9.90. The summed E-state index contributed by atoms with van der Waals surface area (Å²) in [5, 5.41) is 10.9. The Balaban J connectivity index is 1.97. The Bertz CT molecular complexity index is 675. The molecule has 1 fully saturated rings. The topological polar surface area (TPSA) is 53.4 Å². The first-order valence-electron chi connectivity index (χ1n) is 6.90. The Morgan fingerprint density at radius 1 is 1.40 bits per heavy atom. The van der Waals surface area contributed by atoms with Crippen LogP contribution in [0.15, 0.2) is 30.3 Å². The molecule has 1 N–H and O–H groups in total. The van der Waals surface area contributed by atoms with Crippen molar-refractivity contribution in [1.29, 1.82) is 0 Å². The average molecular weight is 270 g/mol. The van der Waals surface area contributed by atoms with E-state index in [1.54, 1.807) is 4.90 Å². The van der Waals surface area contributed by atoms with Gasteiger partial charge < -0.3 is 10.0 Å². The highest BCUT2D eigenvalue weighted by molar-refractivity contribution is 6.06. The number of pyridine rings is 1. The summed E-state index contributed by atoms with van der Waals surface area (Å²) in [4.78, 5) is 18.7. The Kier molecular flexibility index (Phi) is 2.98. The number of amides is 1. The lowest BCUT2D eigenvalue weighted by molar-refractivity contribution is -0.0825. The van der Waals surface area contributed by atoms with E-state index in [9.17, 15) is 9.90 Å². The molecule has 1 saturated heterocycles. The van der Waals surface area contributed by atoms with Crippen LogP contribution >= 0.6 is 0 Å². The van der Waals surface area contributed by atoms with Gasteiger partial charge in [-0.3, -0.25) is 9.78 Å². The summed E-state index contributed by atoms with van der Waals surface area (Å²) in [5.41, 5.74) is 1.64. The first-order chi connectivity index (χ1) is 9.52. The molecule has 1 aromatic heterocycles. The van der Waals surface area contributed by atoms with Gasteiger partial charge in [0.05, 0.1) is 29.8 Å². The van der Waals surface area contributed by atoms with Crippen LogP contribution in [0, 0.1) is 6.92 Å². The summed E-state index contributed by atoms with van der Waals surface area (Å²) < 4.78 is 0. The summed E-state index contributed by atoms with van der Waals surface area (Å²) >= 11 is 0. The maximum Gasteiger partial charge on any atom is 0.254 e. The van der Waals surface area contributed by atoms with Crippen LogP contribution in [0.4, 0.5) is 0 Å². The summed E-state index contributed by atoms with van der Waals surface area (Å²) in [6.45, 7) is 4.66. The molecule has 0 bridgehead atoms. The molecule has 0 atom stereocenters. The van der Waals surface area contributed by atoms with Gasteiger partial charge in [0.25, 0.3) is 5.91 Å². The fraction of sp³-hybridized carbons (Fsp3) is 0.375. The van der Waals surface area contributed by atoms with Crippen LogP contribution < -0.4 is 0 Å². The smallest absolute Gasteiger partial charge is 0.254 e. The molecular formula is C16H18N2O2. The first kappa shape index (κ1) is 13.1. The van der Waals surface area contributed by atoms with E-state index in [0.29, 0.717) is 25.1 Å². The quantitative estimate of drug-likeness (QED) is 0.909. The molecule has 1 aliphatic rings. The van der Waals surface area contributed by atoms with Crippen LogP contribution in [0.25, 0.3) is 10.9 Å². The first-order valence-corrected chi connectivity index (χ1v) is 6.90. The van der Waals surface area contributed by atoms with Crippen molar-refractivity contribution in [3.8, 4) is 0 Å². The van der Waals surface area contributed by atoms with Gasteiger partial charge in [-0.1, -0.05) is 25.1 Å². The van der Waals surface area contributed by atoms with Crippen molar-refractivity contribution in [2.24, 2.45) is 0 Å². The van der Waals surface area contributed by atoms with Crippen molar-refractivity contribution < 1.29 is 9.90 Å². The number of rotatable bonds is 2. The number of fused-ring (bicyclic) bond motifs is 1. The molecule has 4 nitrogen and oxygen atoms in total. The SMILES string of the molecule is CCC1(O)CN(C(=O)c2cc(C)nc3ccccc23)C1. The summed E-state index contributed by atoms with van der Waals surface area (Å²) in [7, 11) is 0. The van der Waals surface area contributed by atoms with Crippen LogP contribution in [0.3, 0.4) is 0 Å². The molecule has 0 unspecified atom stereocenters. The number of β-amino-alcohol motifs (C(OH)–C–C–N with tert-alkyl or cyclic N) is 1. The minimum absolute atomic E-state index is 0.0233. The van der Waals surface area contributed by atoms with Gasteiger partial charge >= 0.3 is 0 Å². The summed E-state index contributed by atoms with van der Waals surface area (Å²) in [6.07, 6.45) is 0.674. The minimum Gasteiger partial charge on any atom is -0.386 e. The number of aliphatic hydroxyl groups is 1. The molecule has 1 aromatic carbocycles. The van der Waals surface area contributed by atoms with E-state index in [2.05, 4.69) is 4.98 Å². The fourth-order valence-corrected chi connectivity index (χ4v) is 2.69. The van der Waals surface area contributed by atoms with E-state index in [1.807, 2.05) is 44.2 Å². The largest absolute Gasteiger partial charge is 0.386 e. The second kappa shape index (κ2) is 4.56. The molecule has 1 amide bonds. The molecule has 104 valence electrons. The van der Waals surface area contributed by atoms with E-state index in [4.69, 9.17) is 0 Å². The van der Waals surface area contributed by atoms with E-state index in [1.165, 1.54) is 0 Å². The summed E-state index contributed by atoms with van der Waals surface area (Å²) in [6, 6.07) is 9.49. The lowest BCUT2D eigenvalue weighted by Gasteiger charge is -2.46. The van der Waals surface area contributed by atoms with Gasteiger partial charge in [0.1, 0.15) is 0 Å².